The number of hydrogen-bond acceptors (Lipinski definition) is 5. The second-order valence-electron chi connectivity index (χ2n) is 8.35. The van der Waals surface area contributed by atoms with Crippen LogP contribution in [-0.2, 0) is 9.63 Å². The molecular weight excluding hydrogens is 346 g/mol. The molecule has 0 aromatic rings. The van der Waals surface area contributed by atoms with Crippen molar-refractivity contribution in [3.63, 3.8) is 0 Å². The Bertz CT molecular complexity index is 491. The summed E-state index contributed by atoms with van der Waals surface area (Å²) in [6.07, 6.45) is 7.51. The van der Waals surface area contributed by atoms with Gasteiger partial charge in [0, 0.05) is 12.3 Å². The Kier molecular flexibility index (Phi) is 9.03. The average molecular weight is 384 g/mol. The van der Waals surface area contributed by atoms with Crippen LogP contribution in [0.1, 0.15) is 78.1 Å². The van der Waals surface area contributed by atoms with E-state index in [1.165, 1.54) is 12.8 Å². The van der Waals surface area contributed by atoms with Crippen molar-refractivity contribution in [3.05, 3.63) is 0 Å². The molecule has 5 unspecified atom stereocenters. The van der Waals surface area contributed by atoms with E-state index in [1.807, 2.05) is 0 Å². The van der Waals surface area contributed by atoms with Crippen molar-refractivity contribution in [1.29, 1.82) is 0 Å². The molecule has 6 nitrogen and oxygen atoms in total. The Morgan fingerprint density at radius 2 is 2.00 bits per heavy atom. The van der Waals surface area contributed by atoms with Crippen LogP contribution in [-0.4, -0.2) is 45.8 Å². The normalized spacial score (nSPS) is 29.6. The second kappa shape index (κ2) is 11.0. The number of hydrogen-bond donors (Lipinski definition) is 3. The van der Waals surface area contributed by atoms with E-state index in [1.54, 1.807) is 0 Å². The maximum absolute atomic E-state index is 10.5. The fourth-order valence-corrected chi connectivity index (χ4v) is 4.68. The summed E-state index contributed by atoms with van der Waals surface area (Å²) in [5.41, 5.74) is 1.01. The van der Waals surface area contributed by atoms with Gasteiger partial charge in [0.15, 0.2) is 0 Å². The van der Waals surface area contributed by atoms with Crippen molar-refractivity contribution >= 4 is 11.7 Å². The van der Waals surface area contributed by atoms with Gasteiger partial charge in [-0.1, -0.05) is 31.8 Å². The highest BCUT2D eigenvalue weighted by Gasteiger charge is 2.51. The van der Waals surface area contributed by atoms with Crippen LogP contribution in [0.25, 0.3) is 0 Å². The number of carboxylic acid groups (broad SMARTS) is 1. The van der Waals surface area contributed by atoms with E-state index in [9.17, 15) is 15.0 Å². The summed E-state index contributed by atoms with van der Waals surface area (Å²) in [6, 6.07) is 0. The van der Waals surface area contributed by atoms with Crippen LogP contribution in [0.15, 0.2) is 5.16 Å². The summed E-state index contributed by atoms with van der Waals surface area (Å²) in [6.45, 7) is 4.74. The number of carboxylic acids is 1. The van der Waals surface area contributed by atoms with E-state index < -0.39 is 5.97 Å². The third-order valence-electron chi connectivity index (χ3n) is 6.63. The third kappa shape index (κ3) is 6.46. The Hall–Kier alpha value is -1.14. The highest BCUT2D eigenvalue weighted by Crippen LogP contribution is 2.50. The molecule has 2 saturated carbocycles. The van der Waals surface area contributed by atoms with Crippen molar-refractivity contribution in [2.75, 3.05) is 6.61 Å². The summed E-state index contributed by atoms with van der Waals surface area (Å²) in [4.78, 5) is 15.7. The van der Waals surface area contributed by atoms with Crippen molar-refractivity contribution in [3.8, 4) is 0 Å². The molecule has 0 radical (unpaired) electrons. The van der Waals surface area contributed by atoms with Crippen LogP contribution < -0.4 is 0 Å². The number of fused-ring (bicyclic) bond motifs is 1. The van der Waals surface area contributed by atoms with E-state index in [4.69, 9.17) is 9.94 Å². The zero-order valence-electron chi connectivity index (χ0n) is 16.8. The lowest BCUT2D eigenvalue weighted by Crippen LogP contribution is -2.37. The zero-order valence-corrected chi connectivity index (χ0v) is 16.8. The van der Waals surface area contributed by atoms with Gasteiger partial charge in [0.1, 0.15) is 6.61 Å². The highest BCUT2D eigenvalue weighted by molar-refractivity contribution is 5.93. The molecule has 0 spiro atoms. The van der Waals surface area contributed by atoms with Gasteiger partial charge in [0.05, 0.1) is 17.9 Å². The molecule has 2 aliphatic carbocycles. The Balaban J connectivity index is 1.68. The first-order valence-corrected chi connectivity index (χ1v) is 10.7. The van der Waals surface area contributed by atoms with Crippen molar-refractivity contribution in [1.82, 2.24) is 0 Å². The summed E-state index contributed by atoms with van der Waals surface area (Å²) < 4.78 is 0. The first kappa shape index (κ1) is 22.2. The van der Waals surface area contributed by atoms with E-state index >= 15 is 0 Å². The van der Waals surface area contributed by atoms with E-state index in [0.717, 1.165) is 44.2 Å². The first-order chi connectivity index (χ1) is 13.0. The maximum atomic E-state index is 10.5. The number of aliphatic hydroxyl groups is 2. The first-order valence-electron chi connectivity index (χ1n) is 10.7. The maximum Gasteiger partial charge on any atom is 0.303 e. The fourth-order valence-electron chi connectivity index (χ4n) is 4.68. The standard InChI is InChI=1S/C21H37NO5/c1-3-14(4-2)7-8-15(23)9-10-16-17-12-19(18(17)13-20(16)24)22-27-11-5-6-21(25)26/h14-18,20,23-24H,3-13H2,1-2H3,(H,25,26). The largest absolute Gasteiger partial charge is 0.481 e. The Morgan fingerprint density at radius 1 is 1.26 bits per heavy atom. The van der Waals surface area contributed by atoms with Crippen LogP contribution in [0.5, 0.6) is 0 Å². The molecule has 156 valence electrons. The highest BCUT2D eigenvalue weighted by atomic mass is 16.6. The number of nitrogens with zero attached hydrogens (tertiary/aromatic N) is 1. The molecule has 0 amide bonds. The predicted molar refractivity (Wildman–Crippen MR) is 105 cm³/mol. The van der Waals surface area contributed by atoms with Crippen LogP contribution in [0.4, 0.5) is 0 Å². The van der Waals surface area contributed by atoms with Crippen LogP contribution >= 0.6 is 0 Å². The lowest BCUT2D eigenvalue weighted by molar-refractivity contribution is -0.137. The molecule has 0 aliphatic heterocycles. The molecule has 2 rings (SSSR count). The molecule has 3 N–H and O–H groups in total. The van der Waals surface area contributed by atoms with Crippen molar-refractivity contribution < 1.29 is 25.0 Å². The molecule has 5 atom stereocenters. The van der Waals surface area contributed by atoms with Gasteiger partial charge in [-0.15, -0.1) is 0 Å². The van der Waals surface area contributed by atoms with Crippen LogP contribution in [0, 0.1) is 23.7 Å². The van der Waals surface area contributed by atoms with Gasteiger partial charge >= 0.3 is 5.97 Å². The Labute approximate surface area is 163 Å². The molecule has 0 aromatic carbocycles. The number of aliphatic carboxylic acids is 1. The van der Waals surface area contributed by atoms with Gasteiger partial charge < -0.3 is 20.2 Å². The zero-order chi connectivity index (χ0) is 19.8. The fraction of sp³-hybridized carbons (Fsp3) is 0.905. The molecule has 6 heteroatoms. The quantitative estimate of drug-likeness (QED) is 0.333. The molecule has 0 saturated heterocycles. The van der Waals surface area contributed by atoms with Gasteiger partial charge in [0.25, 0.3) is 0 Å². The smallest absolute Gasteiger partial charge is 0.303 e. The lowest BCUT2D eigenvalue weighted by atomic mass is 9.70. The number of aliphatic hydroxyl groups excluding tert-OH is 2. The molecule has 27 heavy (non-hydrogen) atoms. The third-order valence-corrected chi connectivity index (χ3v) is 6.63. The summed E-state index contributed by atoms with van der Waals surface area (Å²) in [5, 5.41) is 33.5. The van der Waals surface area contributed by atoms with E-state index in [0.29, 0.717) is 30.8 Å². The molecule has 0 aromatic heterocycles. The second-order valence-corrected chi connectivity index (χ2v) is 8.35. The molecular formula is C21H37NO5. The molecule has 0 heterocycles. The van der Waals surface area contributed by atoms with Gasteiger partial charge in [-0.3, -0.25) is 4.79 Å². The SMILES string of the molecule is CCC(CC)CCC(O)CCC1C(O)CC2C(=NOCCCC(=O)O)CC21. The lowest BCUT2D eigenvalue weighted by Gasteiger charge is -2.35. The monoisotopic (exact) mass is 383 g/mol. The van der Waals surface area contributed by atoms with Crippen molar-refractivity contribution in [2.45, 2.75) is 90.3 Å². The molecule has 2 fully saturated rings. The van der Waals surface area contributed by atoms with Crippen LogP contribution in [0.2, 0.25) is 0 Å². The summed E-state index contributed by atoms with van der Waals surface area (Å²) in [5.74, 6) is 0.892. The number of oxime groups is 1. The van der Waals surface area contributed by atoms with Crippen LogP contribution in [0.3, 0.4) is 0 Å². The minimum Gasteiger partial charge on any atom is -0.481 e. The summed E-state index contributed by atoms with van der Waals surface area (Å²) in [7, 11) is 0. The topological polar surface area (TPSA) is 99.4 Å². The van der Waals surface area contributed by atoms with Gasteiger partial charge in [-0.2, -0.15) is 0 Å². The predicted octanol–water partition coefficient (Wildman–Crippen LogP) is 3.60. The Morgan fingerprint density at radius 3 is 2.67 bits per heavy atom. The number of carbonyl (C=O) groups is 1. The molecule has 0 bridgehead atoms. The minimum atomic E-state index is -0.821. The van der Waals surface area contributed by atoms with Crippen molar-refractivity contribution in [2.24, 2.45) is 28.8 Å². The summed E-state index contributed by atoms with van der Waals surface area (Å²) >= 11 is 0. The average Bonchev–Trinajstić information content (AvgIpc) is 2.87. The van der Waals surface area contributed by atoms with E-state index in [-0.39, 0.29) is 24.5 Å². The van der Waals surface area contributed by atoms with Gasteiger partial charge in [0.2, 0.25) is 0 Å². The van der Waals surface area contributed by atoms with Gasteiger partial charge in [-0.05, 0) is 62.7 Å². The molecule has 2 aliphatic rings. The van der Waals surface area contributed by atoms with Gasteiger partial charge in [-0.25, -0.2) is 0 Å². The number of rotatable bonds is 13. The van der Waals surface area contributed by atoms with E-state index in [2.05, 4.69) is 19.0 Å². The minimum absolute atomic E-state index is 0.0945.